The third-order valence-corrected chi connectivity index (χ3v) is 4.43. The van der Waals surface area contributed by atoms with Gasteiger partial charge in [-0.3, -0.25) is 0 Å². The van der Waals surface area contributed by atoms with Crippen LogP contribution in [0.4, 0.5) is 0 Å². The van der Waals surface area contributed by atoms with Crippen molar-refractivity contribution < 1.29 is 33.6 Å². The predicted octanol–water partition coefficient (Wildman–Crippen LogP) is 0.624. The molecule has 3 saturated heterocycles. The zero-order valence-electron chi connectivity index (χ0n) is 12.8. The van der Waals surface area contributed by atoms with Crippen LogP contribution < -0.4 is 0 Å². The van der Waals surface area contributed by atoms with E-state index in [2.05, 4.69) is 6.58 Å². The molecule has 128 valence electrons. The van der Waals surface area contributed by atoms with Crippen molar-refractivity contribution in [2.75, 3.05) is 6.61 Å². The molecule has 3 aliphatic heterocycles. The van der Waals surface area contributed by atoms with Crippen molar-refractivity contribution >= 4 is 5.97 Å². The SMILES string of the molecule is C=CCO[C@@H]1[C@H]2O[C@H]3O[C@@H]1[C@@H](O)[C@H](O3)[C@@H]2OC(=O)c1ccccc1. The van der Waals surface area contributed by atoms with Crippen LogP contribution in [0.15, 0.2) is 43.0 Å². The van der Waals surface area contributed by atoms with Gasteiger partial charge in [-0.15, -0.1) is 6.58 Å². The number of aliphatic hydroxyl groups excluding tert-OH is 1. The number of aliphatic hydroxyl groups is 1. The molecule has 24 heavy (non-hydrogen) atoms. The number of carbonyl (C=O) groups excluding carboxylic acids is 1. The number of ether oxygens (including phenoxy) is 5. The van der Waals surface area contributed by atoms with E-state index < -0.39 is 49.1 Å². The average Bonchev–Trinajstić information content (AvgIpc) is 2.61. The van der Waals surface area contributed by atoms with Crippen molar-refractivity contribution in [2.45, 2.75) is 43.1 Å². The largest absolute Gasteiger partial charge is 0.453 e. The third-order valence-electron chi connectivity index (χ3n) is 4.43. The first-order chi connectivity index (χ1) is 11.7. The Hall–Kier alpha value is -1.77. The summed E-state index contributed by atoms with van der Waals surface area (Å²) < 4.78 is 27.9. The Balaban J connectivity index is 1.56. The molecule has 4 aliphatic rings. The Labute approximate surface area is 138 Å². The summed E-state index contributed by atoms with van der Waals surface area (Å²) in [7, 11) is 0. The lowest BCUT2D eigenvalue weighted by Gasteiger charge is -2.57. The summed E-state index contributed by atoms with van der Waals surface area (Å²) in [5.74, 6) is -0.504. The van der Waals surface area contributed by atoms with Gasteiger partial charge >= 0.3 is 5.97 Å². The molecule has 7 atom stereocenters. The van der Waals surface area contributed by atoms with Gasteiger partial charge in [0.15, 0.2) is 6.10 Å². The Morgan fingerprint density at radius 3 is 2.50 bits per heavy atom. The van der Waals surface area contributed by atoms with Crippen molar-refractivity contribution in [1.82, 2.24) is 0 Å². The molecule has 0 amide bonds. The maximum atomic E-state index is 12.4. The fraction of sp³-hybridized carbons (Fsp3) is 0.471. The highest BCUT2D eigenvalue weighted by Crippen LogP contribution is 2.42. The van der Waals surface area contributed by atoms with Crippen molar-refractivity contribution in [3.8, 4) is 0 Å². The van der Waals surface area contributed by atoms with Crippen LogP contribution in [0.25, 0.3) is 0 Å². The molecule has 1 aromatic carbocycles. The van der Waals surface area contributed by atoms with Crippen LogP contribution in [0.3, 0.4) is 0 Å². The highest BCUT2D eigenvalue weighted by Gasteiger charge is 2.63. The van der Waals surface area contributed by atoms with Crippen LogP contribution in [0, 0.1) is 0 Å². The summed E-state index contributed by atoms with van der Waals surface area (Å²) in [5, 5.41) is 10.4. The molecule has 4 bridgehead atoms. The fourth-order valence-corrected chi connectivity index (χ4v) is 3.36. The zero-order valence-corrected chi connectivity index (χ0v) is 12.8. The Morgan fingerprint density at radius 2 is 1.79 bits per heavy atom. The number of rotatable bonds is 5. The second kappa shape index (κ2) is 6.27. The summed E-state index contributed by atoms with van der Waals surface area (Å²) in [6, 6.07) is 8.63. The highest BCUT2D eigenvalue weighted by molar-refractivity contribution is 5.89. The topological polar surface area (TPSA) is 83.5 Å². The van der Waals surface area contributed by atoms with Crippen molar-refractivity contribution in [2.24, 2.45) is 0 Å². The normalized spacial score (nSPS) is 39.6. The lowest BCUT2D eigenvalue weighted by molar-refractivity contribution is -0.482. The van der Waals surface area contributed by atoms with E-state index >= 15 is 0 Å². The molecule has 1 N–H and O–H groups in total. The van der Waals surface area contributed by atoms with Crippen LogP contribution in [0.2, 0.25) is 0 Å². The molecule has 0 aromatic heterocycles. The van der Waals surface area contributed by atoms with E-state index in [-0.39, 0.29) is 6.61 Å². The second-order valence-electron chi connectivity index (χ2n) is 5.90. The lowest BCUT2D eigenvalue weighted by Crippen LogP contribution is -2.76. The summed E-state index contributed by atoms with van der Waals surface area (Å²) in [6.45, 7) is 3.01. The minimum atomic E-state index is -0.968. The van der Waals surface area contributed by atoms with Gasteiger partial charge in [-0.25, -0.2) is 4.79 Å². The fourth-order valence-electron chi connectivity index (χ4n) is 3.36. The average molecular weight is 334 g/mol. The van der Waals surface area contributed by atoms with E-state index in [4.69, 9.17) is 23.7 Å². The molecule has 3 heterocycles. The molecule has 1 aliphatic carbocycles. The van der Waals surface area contributed by atoms with Crippen LogP contribution in [0.5, 0.6) is 0 Å². The van der Waals surface area contributed by atoms with Gasteiger partial charge in [0.2, 0.25) is 0 Å². The molecule has 1 aromatic rings. The van der Waals surface area contributed by atoms with E-state index in [1.165, 1.54) is 0 Å². The molecule has 5 rings (SSSR count). The van der Waals surface area contributed by atoms with Gasteiger partial charge in [-0.2, -0.15) is 0 Å². The first-order valence-electron chi connectivity index (χ1n) is 7.82. The number of benzene rings is 1. The Morgan fingerprint density at radius 1 is 1.12 bits per heavy atom. The second-order valence-corrected chi connectivity index (χ2v) is 5.90. The summed E-state index contributed by atoms with van der Waals surface area (Å²) in [6.07, 6.45) is -2.57. The summed E-state index contributed by atoms with van der Waals surface area (Å²) in [4.78, 5) is 12.4. The van der Waals surface area contributed by atoms with E-state index in [1.807, 2.05) is 6.07 Å². The Bertz CT molecular complexity index is 619. The molecule has 0 spiro atoms. The standard InChI is InChI=1S/C17H18O7/c1-2-8-20-13-11-10(18)12-14(15(13)24-17(22-11)23-12)21-16(19)9-6-4-3-5-7-9/h2-7,10-15,17-18H,1,8H2/t10-,11-,12+,13+,14+,15-,17+/m1/s1. The molecule has 0 unspecified atom stereocenters. The highest BCUT2D eigenvalue weighted by atomic mass is 16.9. The maximum Gasteiger partial charge on any atom is 0.338 e. The smallest absolute Gasteiger partial charge is 0.338 e. The Kier molecular flexibility index (Phi) is 4.11. The van der Waals surface area contributed by atoms with Crippen LogP contribution >= 0.6 is 0 Å². The van der Waals surface area contributed by atoms with Crippen LogP contribution in [-0.2, 0) is 23.7 Å². The van der Waals surface area contributed by atoms with Crippen LogP contribution in [-0.4, -0.2) is 60.8 Å². The predicted molar refractivity (Wildman–Crippen MR) is 80.0 cm³/mol. The van der Waals surface area contributed by atoms with Crippen LogP contribution in [0.1, 0.15) is 10.4 Å². The molecule has 7 nitrogen and oxygen atoms in total. The van der Waals surface area contributed by atoms with E-state index in [1.54, 1.807) is 30.3 Å². The first kappa shape index (κ1) is 15.7. The maximum absolute atomic E-state index is 12.4. The number of hydrogen-bond acceptors (Lipinski definition) is 7. The van der Waals surface area contributed by atoms with Gasteiger partial charge in [-0.1, -0.05) is 24.3 Å². The van der Waals surface area contributed by atoms with Crippen molar-refractivity contribution in [3.63, 3.8) is 0 Å². The van der Waals surface area contributed by atoms with Gasteiger partial charge in [0.05, 0.1) is 12.2 Å². The summed E-state index contributed by atoms with van der Waals surface area (Å²) in [5.41, 5.74) is 0.417. The molecule has 7 heteroatoms. The monoisotopic (exact) mass is 334 g/mol. The molecular formula is C17H18O7. The number of carbonyl (C=O) groups is 1. The summed E-state index contributed by atoms with van der Waals surface area (Å²) >= 11 is 0. The first-order valence-corrected chi connectivity index (χ1v) is 7.82. The van der Waals surface area contributed by atoms with Gasteiger partial charge in [0, 0.05) is 0 Å². The van der Waals surface area contributed by atoms with E-state index in [9.17, 15) is 9.90 Å². The molecule has 1 saturated carbocycles. The van der Waals surface area contributed by atoms with Crippen molar-refractivity contribution in [3.05, 3.63) is 48.6 Å². The van der Waals surface area contributed by atoms with Gasteiger partial charge in [0.25, 0.3) is 6.48 Å². The molecule has 0 radical (unpaired) electrons. The lowest BCUT2D eigenvalue weighted by atomic mass is 9.82. The third kappa shape index (κ3) is 2.54. The van der Waals surface area contributed by atoms with E-state index in [0.29, 0.717) is 5.56 Å². The molecule has 4 fully saturated rings. The van der Waals surface area contributed by atoms with E-state index in [0.717, 1.165) is 0 Å². The van der Waals surface area contributed by atoms with Gasteiger partial charge in [0.1, 0.15) is 30.5 Å². The zero-order chi connectivity index (χ0) is 16.7. The quantitative estimate of drug-likeness (QED) is 0.624. The number of hydrogen-bond donors (Lipinski definition) is 1. The minimum Gasteiger partial charge on any atom is -0.453 e. The van der Waals surface area contributed by atoms with Gasteiger partial charge < -0.3 is 28.8 Å². The minimum absolute atomic E-state index is 0.270. The molecular weight excluding hydrogens is 316 g/mol. The van der Waals surface area contributed by atoms with Gasteiger partial charge in [-0.05, 0) is 12.1 Å². The van der Waals surface area contributed by atoms with Crippen molar-refractivity contribution in [1.29, 1.82) is 0 Å². The number of esters is 1.